The van der Waals surface area contributed by atoms with Gasteiger partial charge in [-0.2, -0.15) is 0 Å². The van der Waals surface area contributed by atoms with Crippen LogP contribution < -0.4 is 5.32 Å². The summed E-state index contributed by atoms with van der Waals surface area (Å²) in [7, 11) is 0. The van der Waals surface area contributed by atoms with E-state index in [9.17, 15) is 19.8 Å². The predicted octanol–water partition coefficient (Wildman–Crippen LogP) is 6.52. The maximum absolute atomic E-state index is 11.5. The summed E-state index contributed by atoms with van der Waals surface area (Å²) < 4.78 is 12.9. The number of nitrogens with one attached hydrogen (secondary N) is 1. The van der Waals surface area contributed by atoms with Crippen molar-refractivity contribution in [3.8, 4) is 11.1 Å². The van der Waals surface area contributed by atoms with Gasteiger partial charge >= 0.3 is 5.97 Å². The topological polar surface area (TPSA) is 105 Å². The zero-order chi connectivity index (χ0) is 29.5. The highest BCUT2D eigenvalue weighted by molar-refractivity contribution is 7.99. The Balaban J connectivity index is 1.35. The minimum absolute atomic E-state index is 0.0161. The number of aliphatic hydroxyl groups excluding tert-OH is 1. The lowest BCUT2D eigenvalue weighted by atomic mass is 9.98. The molecule has 3 atom stereocenters. The Morgan fingerprint density at radius 1 is 0.881 bits per heavy atom. The van der Waals surface area contributed by atoms with Gasteiger partial charge in [0.15, 0.2) is 6.29 Å². The number of aromatic carboxylic acids is 1. The first-order chi connectivity index (χ1) is 20.4. The summed E-state index contributed by atoms with van der Waals surface area (Å²) >= 11 is 1.62. The predicted molar refractivity (Wildman–Crippen MR) is 162 cm³/mol. The second kappa shape index (κ2) is 13.8. The molecule has 42 heavy (non-hydrogen) atoms. The van der Waals surface area contributed by atoms with E-state index < -0.39 is 12.3 Å². The fourth-order valence-electron chi connectivity index (χ4n) is 4.90. The first-order valence-electron chi connectivity index (χ1n) is 13.8. The van der Waals surface area contributed by atoms with E-state index in [0.29, 0.717) is 18.7 Å². The molecule has 0 aromatic heterocycles. The lowest BCUT2D eigenvalue weighted by Gasteiger charge is -2.36. The number of rotatable bonds is 10. The summed E-state index contributed by atoms with van der Waals surface area (Å²) in [6.07, 6.45) is -0.239. The van der Waals surface area contributed by atoms with Crippen LogP contribution in [0, 0.1) is 0 Å². The third kappa shape index (κ3) is 7.46. The van der Waals surface area contributed by atoms with Gasteiger partial charge in [-0.15, -0.1) is 11.8 Å². The van der Waals surface area contributed by atoms with Crippen LogP contribution in [0.2, 0.25) is 0 Å². The number of hydrogen-bond donors (Lipinski definition) is 3. The molecule has 1 amide bonds. The van der Waals surface area contributed by atoms with E-state index in [1.165, 1.54) is 6.92 Å². The molecule has 4 aromatic rings. The number of benzene rings is 4. The Morgan fingerprint density at radius 2 is 1.57 bits per heavy atom. The number of carboxylic acid groups (broad SMARTS) is 1. The van der Waals surface area contributed by atoms with Gasteiger partial charge in [-0.25, -0.2) is 4.79 Å². The van der Waals surface area contributed by atoms with Crippen LogP contribution in [-0.4, -0.2) is 33.9 Å². The van der Waals surface area contributed by atoms with Crippen molar-refractivity contribution in [2.75, 3.05) is 5.75 Å². The molecule has 1 saturated heterocycles. The Labute approximate surface area is 249 Å². The molecule has 1 fully saturated rings. The number of amides is 1. The van der Waals surface area contributed by atoms with Crippen molar-refractivity contribution >= 4 is 23.6 Å². The van der Waals surface area contributed by atoms with E-state index in [-0.39, 0.29) is 30.3 Å². The normalized spacial score (nSPS) is 18.4. The molecule has 1 aliphatic heterocycles. The summed E-state index contributed by atoms with van der Waals surface area (Å²) in [5, 5.41) is 21.5. The van der Waals surface area contributed by atoms with Gasteiger partial charge in [0.2, 0.25) is 5.91 Å². The van der Waals surface area contributed by atoms with Gasteiger partial charge in [-0.1, -0.05) is 72.8 Å². The van der Waals surface area contributed by atoms with Crippen molar-refractivity contribution in [3.05, 3.63) is 125 Å². The number of carbonyl (C=O) groups is 2. The highest BCUT2D eigenvalue weighted by Crippen LogP contribution is 2.40. The number of thioether (sulfide) groups is 1. The third-order valence-corrected chi connectivity index (χ3v) is 8.34. The Morgan fingerprint density at radius 3 is 2.24 bits per heavy atom. The summed E-state index contributed by atoms with van der Waals surface area (Å²) in [4.78, 5) is 23.6. The quantitative estimate of drug-likeness (QED) is 0.183. The molecule has 0 radical (unpaired) electrons. The standard InChI is InChI=1S/C34H33NO6S/c1-22(37)35-19-28-4-2-3-5-31(28)24-10-12-27(13-11-24)34-40-29(21-42-30-16-14-26(15-17-30)33(38)39)18-32(41-34)25-8-6-23(20-36)7-9-25/h2-17,29,32,34,36H,18-21H2,1H3,(H,35,37)(H,38,39)/t29-,32+,34+/m0/s1. The van der Waals surface area contributed by atoms with E-state index in [1.54, 1.807) is 23.9 Å². The summed E-state index contributed by atoms with van der Waals surface area (Å²) in [6.45, 7) is 1.95. The van der Waals surface area contributed by atoms with Crippen LogP contribution in [0.5, 0.6) is 0 Å². The molecule has 0 aliphatic carbocycles. The maximum atomic E-state index is 11.5. The lowest BCUT2D eigenvalue weighted by Crippen LogP contribution is -2.31. The summed E-state index contributed by atoms with van der Waals surface area (Å²) in [5.41, 5.74) is 6.13. The van der Waals surface area contributed by atoms with Crippen LogP contribution in [0.1, 0.15) is 58.4 Å². The number of carbonyl (C=O) groups excluding carboxylic acids is 1. The van der Waals surface area contributed by atoms with Crippen molar-refractivity contribution in [2.45, 2.75) is 49.9 Å². The maximum Gasteiger partial charge on any atom is 0.335 e. The van der Waals surface area contributed by atoms with Crippen LogP contribution >= 0.6 is 11.8 Å². The van der Waals surface area contributed by atoms with Gasteiger partial charge < -0.3 is 25.0 Å². The molecule has 216 valence electrons. The average Bonchev–Trinajstić information content (AvgIpc) is 3.03. The molecular weight excluding hydrogens is 550 g/mol. The fourth-order valence-corrected chi connectivity index (χ4v) is 5.82. The molecule has 0 spiro atoms. The lowest BCUT2D eigenvalue weighted by molar-refractivity contribution is -0.245. The molecule has 1 aliphatic rings. The Kier molecular flexibility index (Phi) is 9.71. The van der Waals surface area contributed by atoms with Crippen molar-refractivity contribution < 1.29 is 29.3 Å². The van der Waals surface area contributed by atoms with E-state index in [2.05, 4.69) is 5.32 Å². The Bertz CT molecular complexity index is 1500. The first kappa shape index (κ1) is 29.5. The molecule has 5 rings (SSSR count). The molecule has 7 nitrogen and oxygen atoms in total. The van der Waals surface area contributed by atoms with E-state index in [0.717, 1.165) is 38.3 Å². The second-order valence-electron chi connectivity index (χ2n) is 10.2. The van der Waals surface area contributed by atoms with Crippen LogP contribution in [0.25, 0.3) is 11.1 Å². The second-order valence-corrected chi connectivity index (χ2v) is 11.3. The zero-order valence-electron chi connectivity index (χ0n) is 23.2. The van der Waals surface area contributed by atoms with E-state index in [1.807, 2.05) is 84.9 Å². The molecule has 1 heterocycles. The van der Waals surface area contributed by atoms with Gasteiger partial charge in [-0.05, 0) is 52.1 Å². The number of ether oxygens (including phenoxy) is 2. The SMILES string of the molecule is CC(=O)NCc1ccccc1-c1ccc([C@@H]2O[C@H](CSc3ccc(C(=O)O)cc3)C[C@H](c3ccc(CO)cc3)O2)cc1. The first-order valence-corrected chi connectivity index (χ1v) is 14.8. The Hall–Kier alpha value is -3.95. The van der Waals surface area contributed by atoms with Crippen LogP contribution in [0.4, 0.5) is 0 Å². The highest BCUT2D eigenvalue weighted by atomic mass is 32.2. The highest BCUT2D eigenvalue weighted by Gasteiger charge is 2.32. The van der Waals surface area contributed by atoms with E-state index in [4.69, 9.17) is 9.47 Å². The van der Waals surface area contributed by atoms with Crippen molar-refractivity contribution in [1.29, 1.82) is 0 Å². The van der Waals surface area contributed by atoms with Crippen molar-refractivity contribution in [1.82, 2.24) is 5.32 Å². The molecule has 3 N–H and O–H groups in total. The minimum Gasteiger partial charge on any atom is -0.478 e. The minimum atomic E-state index is -0.945. The van der Waals surface area contributed by atoms with Gasteiger partial charge in [0.05, 0.1) is 24.4 Å². The van der Waals surface area contributed by atoms with Crippen LogP contribution in [0.3, 0.4) is 0 Å². The average molecular weight is 584 g/mol. The smallest absolute Gasteiger partial charge is 0.335 e. The molecule has 0 unspecified atom stereocenters. The summed E-state index contributed by atoms with van der Waals surface area (Å²) in [5.74, 6) is -0.344. The number of aliphatic hydroxyl groups is 1. The largest absolute Gasteiger partial charge is 0.478 e. The molecular formula is C34H33NO6S. The fraction of sp³-hybridized carbons (Fsp3) is 0.235. The summed E-state index contributed by atoms with van der Waals surface area (Å²) in [6, 6.07) is 30.8. The molecule has 0 saturated carbocycles. The monoisotopic (exact) mass is 583 g/mol. The van der Waals surface area contributed by atoms with Gasteiger partial charge in [-0.3, -0.25) is 4.79 Å². The van der Waals surface area contributed by atoms with Gasteiger partial charge in [0, 0.05) is 36.1 Å². The van der Waals surface area contributed by atoms with Crippen LogP contribution in [0.15, 0.2) is 102 Å². The number of carboxylic acids is 1. The van der Waals surface area contributed by atoms with Crippen molar-refractivity contribution in [3.63, 3.8) is 0 Å². The molecule has 8 heteroatoms. The van der Waals surface area contributed by atoms with E-state index >= 15 is 0 Å². The third-order valence-electron chi connectivity index (χ3n) is 7.19. The molecule has 0 bridgehead atoms. The van der Waals surface area contributed by atoms with Crippen LogP contribution in [-0.2, 0) is 27.4 Å². The van der Waals surface area contributed by atoms with Gasteiger partial charge in [0.25, 0.3) is 0 Å². The van der Waals surface area contributed by atoms with Crippen molar-refractivity contribution in [2.24, 2.45) is 0 Å². The van der Waals surface area contributed by atoms with Gasteiger partial charge in [0.1, 0.15) is 0 Å². The number of hydrogen-bond acceptors (Lipinski definition) is 6. The molecule has 4 aromatic carbocycles. The zero-order valence-corrected chi connectivity index (χ0v) is 24.1.